The smallest absolute Gasteiger partial charge is 0.304 e. The molecule has 0 aliphatic carbocycles. The maximum absolute atomic E-state index is 12.8. The summed E-state index contributed by atoms with van der Waals surface area (Å²) in [6.07, 6.45) is -5.88. The van der Waals surface area contributed by atoms with Crippen LogP contribution >= 0.6 is 0 Å². The zero-order valence-corrected chi connectivity index (χ0v) is 8.61. The molecule has 1 N–H and O–H groups in total. The first kappa shape index (κ1) is 11.6. The van der Waals surface area contributed by atoms with Crippen LogP contribution in [-0.4, -0.2) is 17.9 Å². The number of alkyl halides is 3. The van der Waals surface area contributed by atoms with E-state index in [1.165, 1.54) is 12.1 Å². The highest BCUT2D eigenvalue weighted by Crippen LogP contribution is 2.33. The van der Waals surface area contributed by atoms with Gasteiger partial charge in [-0.05, 0) is 12.1 Å². The first-order valence-corrected chi connectivity index (χ1v) is 4.89. The Morgan fingerprint density at radius 1 is 0.941 bits per heavy atom. The summed E-state index contributed by atoms with van der Waals surface area (Å²) in [6, 6.07) is 8.99. The number of hydrogen-bond donors (Lipinski definition) is 1. The average Bonchev–Trinajstić information content (AvgIpc) is 2.33. The number of phenols is 1. The van der Waals surface area contributed by atoms with E-state index in [-0.39, 0.29) is 11.5 Å². The van der Waals surface area contributed by atoms with Gasteiger partial charge in [0.15, 0.2) is 0 Å². The molecule has 0 radical (unpaired) electrons. The van der Waals surface area contributed by atoms with Gasteiger partial charge in [0.2, 0.25) is 0 Å². The van der Waals surface area contributed by atoms with Crippen LogP contribution in [0.5, 0.6) is 11.5 Å². The predicted octanol–water partition coefficient (Wildman–Crippen LogP) is 3.48. The minimum absolute atomic E-state index is 0.0135. The molecule has 0 heterocycles. The van der Waals surface area contributed by atoms with Crippen molar-refractivity contribution in [2.45, 2.75) is 12.8 Å². The van der Waals surface area contributed by atoms with E-state index < -0.39 is 12.8 Å². The number of fused-ring (bicyclic) bond motifs is 1. The van der Waals surface area contributed by atoms with Gasteiger partial charge in [0.05, 0.1) is 0 Å². The monoisotopic (exact) mass is 242 g/mol. The number of aromatic hydroxyl groups is 1. The van der Waals surface area contributed by atoms with Gasteiger partial charge in [-0.1, -0.05) is 24.3 Å². The van der Waals surface area contributed by atoms with Gasteiger partial charge in [0.1, 0.15) is 11.5 Å². The Morgan fingerprint density at radius 2 is 1.59 bits per heavy atom. The molecule has 0 aliphatic heterocycles. The van der Waals surface area contributed by atoms with Gasteiger partial charge in [-0.15, -0.1) is 0 Å². The van der Waals surface area contributed by atoms with Crippen molar-refractivity contribution < 1.29 is 23.0 Å². The topological polar surface area (TPSA) is 29.5 Å². The van der Waals surface area contributed by atoms with Gasteiger partial charge in [-0.25, -0.2) is 8.78 Å². The standard InChI is InChI=1S/C12H9F3O2/c13-11(14)12(15)17-10-6-5-9(16)7-3-1-2-4-8(7)10/h1-6,11-12,16H. The molecule has 0 spiro atoms. The summed E-state index contributed by atoms with van der Waals surface area (Å²) < 4.78 is 41.4. The van der Waals surface area contributed by atoms with Crippen molar-refractivity contribution in [2.75, 3.05) is 0 Å². The van der Waals surface area contributed by atoms with E-state index in [1.807, 2.05) is 0 Å². The molecule has 17 heavy (non-hydrogen) atoms. The Morgan fingerprint density at radius 3 is 2.24 bits per heavy atom. The first-order valence-electron chi connectivity index (χ1n) is 4.89. The fourth-order valence-electron chi connectivity index (χ4n) is 1.53. The van der Waals surface area contributed by atoms with Crippen molar-refractivity contribution in [3.05, 3.63) is 36.4 Å². The number of benzene rings is 2. The third kappa shape index (κ3) is 2.27. The molecule has 2 aromatic carbocycles. The second-order valence-electron chi connectivity index (χ2n) is 3.43. The van der Waals surface area contributed by atoms with E-state index in [0.29, 0.717) is 10.8 Å². The quantitative estimate of drug-likeness (QED) is 0.892. The SMILES string of the molecule is Oc1ccc(OC(F)C(F)F)c2ccccc12. The lowest BCUT2D eigenvalue weighted by Crippen LogP contribution is -2.19. The van der Waals surface area contributed by atoms with Crippen LogP contribution in [0.25, 0.3) is 10.8 Å². The molecule has 1 atom stereocenters. The fourth-order valence-corrected chi connectivity index (χ4v) is 1.53. The largest absolute Gasteiger partial charge is 0.507 e. The summed E-state index contributed by atoms with van der Waals surface area (Å²) in [6.45, 7) is 0. The lowest BCUT2D eigenvalue weighted by atomic mass is 10.1. The van der Waals surface area contributed by atoms with Crippen LogP contribution in [0.1, 0.15) is 0 Å². The Kier molecular flexibility index (Phi) is 3.08. The van der Waals surface area contributed by atoms with Crippen LogP contribution in [0.2, 0.25) is 0 Å². The summed E-state index contributed by atoms with van der Waals surface area (Å²) >= 11 is 0. The number of halogens is 3. The fraction of sp³-hybridized carbons (Fsp3) is 0.167. The lowest BCUT2D eigenvalue weighted by Gasteiger charge is -2.13. The Balaban J connectivity index is 2.45. The van der Waals surface area contributed by atoms with Gasteiger partial charge in [-0.2, -0.15) is 4.39 Å². The summed E-state index contributed by atoms with van der Waals surface area (Å²) in [5, 5.41) is 10.3. The number of ether oxygens (including phenoxy) is 1. The molecule has 0 saturated carbocycles. The minimum atomic E-state index is -3.21. The van der Waals surface area contributed by atoms with E-state index in [4.69, 9.17) is 0 Å². The molecule has 90 valence electrons. The van der Waals surface area contributed by atoms with E-state index in [9.17, 15) is 18.3 Å². The second-order valence-corrected chi connectivity index (χ2v) is 3.43. The van der Waals surface area contributed by atoms with Gasteiger partial charge in [0.25, 0.3) is 6.36 Å². The van der Waals surface area contributed by atoms with Crippen LogP contribution < -0.4 is 4.74 Å². The van der Waals surface area contributed by atoms with Crippen LogP contribution in [0.3, 0.4) is 0 Å². The summed E-state index contributed by atoms with van der Waals surface area (Å²) in [5.41, 5.74) is 0. The van der Waals surface area contributed by atoms with Gasteiger partial charge in [0, 0.05) is 10.8 Å². The molecular weight excluding hydrogens is 233 g/mol. The van der Waals surface area contributed by atoms with Gasteiger partial charge in [-0.3, -0.25) is 0 Å². The van der Waals surface area contributed by atoms with Crippen LogP contribution in [0.4, 0.5) is 13.2 Å². The number of hydrogen-bond acceptors (Lipinski definition) is 2. The summed E-state index contributed by atoms with van der Waals surface area (Å²) in [7, 11) is 0. The highest BCUT2D eigenvalue weighted by atomic mass is 19.3. The zero-order chi connectivity index (χ0) is 12.4. The molecule has 2 nitrogen and oxygen atoms in total. The van der Waals surface area contributed by atoms with Crippen LogP contribution in [0.15, 0.2) is 36.4 Å². The number of rotatable bonds is 3. The Hall–Kier alpha value is -1.91. The summed E-state index contributed by atoms with van der Waals surface area (Å²) in [5.74, 6) is -0.0356. The van der Waals surface area contributed by atoms with Crippen molar-refractivity contribution in [3.63, 3.8) is 0 Å². The van der Waals surface area contributed by atoms with Crippen molar-refractivity contribution in [2.24, 2.45) is 0 Å². The summed E-state index contributed by atoms with van der Waals surface area (Å²) in [4.78, 5) is 0. The van der Waals surface area contributed by atoms with Crippen LogP contribution in [-0.2, 0) is 0 Å². The third-order valence-corrected chi connectivity index (χ3v) is 2.30. The molecule has 5 heteroatoms. The third-order valence-electron chi connectivity index (χ3n) is 2.30. The van der Waals surface area contributed by atoms with Gasteiger partial charge < -0.3 is 9.84 Å². The lowest BCUT2D eigenvalue weighted by molar-refractivity contribution is -0.0661. The van der Waals surface area contributed by atoms with E-state index in [2.05, 4.69) is 4.74 Å². The minimum Gasteiger partial charge on any atom is -0.507 e. The molecule has 0 bridgehead atoms. The van der Waals surface area contributed by atoms with Gasteiger partial charge >= 0.3 is 6.43 Å². The van der Waals surface area contributed by atoms with Crippen molar-refractivity contribution in [3.8, 4) is 11.5 Å². The maximum atomic E-state index is 12.8. The highest BCUT2D eigenvalue weighted by molar-refractivity contribution is 5.92. The maximum Gasteiger partial charge on any atom is 0.304 e. The molecule has 0 aromatic heterocycles. The van der Waals surface area contributed by atoms with Crippen LogP contribution in [0, 0.1) is 0 Å². The molecule has 1 unspecified atom stereocenters. The predicted molar refractivity (Wildman–Crippen MR) is 57.1 cm³/mol. The molecule has 0 aliphatic rings. The van der Waals surface area contributed by atoms with Crippen molar-refractivity contribution >= 4 is 10.8 Å². The van der Waals surface area contributed by atoms with Crippen molar-refractivity contribution in [1.82, 2.24) is 0 Å². The molecule has 0 saturated heterocycles. The average molecular weight is 242 g/mol. The second kappa shape index (κ2) is 4.53. The Labute approximate surface area is 95.2 Å². The highest BCUT2D eigenvalue weighted by Gasteiger charge is 2.21. The first-order chi connectivity index (χ1) is 8.09. The molecule has 0 fully saturated rings. The van der Waals surface area contributed by atoms with E-state index in [0.717, 1.165) is 0 Å². The van der Waals surface area contributed by atoms with E-state index >= 15 is 0 Å². The van der Waals surface area contributed by atoms with Crippen molar-refractivity contribution in [1.29, 1.82) is 0 Å². The molecule has 0 amide bonds. The number of phenolic OH excluding ortho intramolecular Hbond substituents is 1. The molecular formula is C12H9F3O2. The Bertz CT molecular complexity index is 528. The normalized spacial score (nSPS) is 12.9. The van der Waals surface area contributed by atoms with E-state index in [1.54, 1.807) is 24.3 Å². The zero-order valence-electron chi connectivity index (χ0n) is 8.61. The molecule has 2 rings (SSSR count). The molecule has 2 aromatic rings.